The number of nitrogens with zero attached hydrogens (tertiary/aromatic N) is 2. The first-order chi connectivity index (χ1) is 18.4. The highest BCUT2D eigenvalue weighted by atomic mass is 35.5. The quantitative estimate of drug-likeness (QED) is 0.176. The first-order valence-electron chi connectivity index (χ1n) is 12.1. The van der Waals surface area contributed by atoms with E-state index in [9.17, 15) is 14.4 Å². The number of halogens is 1. The van der Waals surface area contributed by atoms with Crippen LogP contribution in [0.4, 0.5) is 0 Å². The first-order valence-corrected chi connectivity index (χ1v) is 13.5. The molecule has 0 radical (unpaired) electrons. The Morgan fingerprint density at radius 1 is 1.05 bits per heavy atom. The SMILES string of the molecule is C[C@@]1(COC(=O)CCl)SC2/C(=C\c3ccccn3)C(=O)N2[C@H]1C(=O)OC(c1ccccc1)c1ccccc1. The molecule has 9 heteroatoms. The molecule has 1 unspecified atom stereocenters. The lowest BCUT2D eigenvalue weighted by Crippen LogP contribution is -2.60. The number of fused-ring (bicyclic) bond motifs is 1. The van der Waals surface area contributed by atoms with Gasteiger partial charge in [-0.15, -0.1) is 23.4 Å². The molecule has 1 aromatic heterocycles. The Morgan fingerprint density at radius 2 is 1.68 bits per heavy atom. The van der Waals surface area contributed by atoms with Gasteiger partial charge in [0.2, 0.25) is 0 Å². The maximum atomic E-state index is 13.9. The van der Waals surface area contributed by atoms with Gasteiger partial charge in [0.15, 0.2) is 6.10 Å². The molecule has 2 aromatic carbocycles. The van der Waals surface area contributed by atoms with E-state index in [1.165, 1.54) is 16.7 Å². The summed E-state index contributed by atoms with van der Waals surface area (Å²) >= 11 is 7.03. The van der Waals surface area contributed by atoms with Crippen LogP contribution in [0.3, 0.4) is 0 Å². The second-order valence-electron chi connectivity index (χ2n) is 9.18. The van der Waals surface area contributed by atoms with Crippen molar-refractivity contribution in [1.29, 1.82) is 0 Å². The fourth-order valence-corrected chi connectivity index (χ4v) is 6.37. The fraction of sp³-hybridized carbons (Fsp3) is 0.241. The van der Waals surface area contributed by atoms with Crippen LogP contribution in [0.2, 0.25) is 0 Å². The third kappa shape index (κ3) is 5.06. The molecule has 0 N–H and O–H groups in total. The van der Waals surface area contributed by atoms with Crippen molar-refractivity contribution in [2.75, 3.05) is 12.5 Å². The van der Waals surface area contributed by atoms with E-state index in [0.29, 0.717) is 11.3 Å². The number of benzene rings is 2. The van der Waals surface area contributed by atoms with Gasteiger partial charge in [0.05, 0.1) is 16.0 Å². The van der Waals surface area contributed by atoms with Crippen LogP contribution in [0.5, 0.6) is 0 Å². The van der Waals surface area contributed by atoms with Crippen molar-refractivity contribution in [3.05, 3.63) is 107 Å². The summed E-state index contributed by atoms with van der Waals surface area (Å²) in [4.78, 5) is 45.0. The molecule has 2 aliphatic heterocycles. The Labute approximate surface area is 229 Å². The molecule has 194 valence electrons. The Bertz CT molecular complexity index is 1320. The number of hydrogen-bond acceptors (Lipinski definition) is 7. The number of carbonyl (C=O) groups excluding carboxylic acids is 3. The molecule has 2 saturated heterocycles. The second kappa shape index (κ2) is 11.0. The summed E-state index contributed by atoms with van der Waals surface area (Å²) in [6.45, 7) is 1.69. The molecule has 7 nitrogen and oxygen atoms in total. The summed E-state index contributed by atoms with van der Waals surface area (Å²) in [6.07, 6.45) is 2.70. The van der Waals surface area contributed by atoms with Crippen molar-refractivity contribution in [3.63, 3.8) is 0 Å². The number of carbonyl (C=O) groups is 3. The number of esters is 2. The number of aromatic nitrogens is 1. The van der Waals surface area contributed by atoms with Gasteiger partial charge in [-0.1, -0.05) is 66.7 Å². The maximum Gasteiger partial charge on any atom is 0.331 e. The van der Waals surface area contributed by atoms with Crippen LogP contribution in [0, 0.1) is 0 Å². The number of pyridine rings is 1. The number of alkyl halides is 1. The third-order valence-electron chi connectivity index (χ3n) is 6.52. The van der Waals surface area contributed by atoms with Crippen LogP contribution >= 0.6 is 23.4 Å². The Kier molecular flexibility index (Phi) is 7.53. The zero-order chi connectivity index (χ0) is 26.7. The van der Waals surface area contributed by atoms with Gasteiger partial charge in [0.25, 0.3) is 5.91 Å². The predicted molar refractivity (Wildman–Crippen MR) is 145 cm³/mol. The molecular weight excluding hydrogens is 524 g/mol. The number of hydrogen-bond donors (Lipinski definition) is 0. The topological polar surface area (TPSA) is 85.8 Å². The van der Waals surface area contributed by atoms with Crippen molar-refractivity contribution >= 4 is 47.3 Å². The van der Waals surface area contributed by atoms with E-state index < -0.39 is 34.2 Å². The van der Waals surface area contributed by atoms with Gasteiger partial charge in [-0.3, -0.25) is 14.6 Å². The Morgan fingerprint density at radius 3 is 2.26 bits per heavy atom. The van der Waals surface area contributed by atoms with Crippen molar-refractivity contribution in [3.8, 4) is 0 Å². The minimum atomic E-state index is -0.982. The number of amides is 1. The van der Waals surface area contributed by atoms with E-state index in [2.05, 4.69) is 4.98 Å². The second-order valence-corrected chi connectivity index (χ2v) is 11.1. The van der Waals surface area contributed by atoms with E-state index in [-0.39, 0.29) is 18.4 Å². The van der Waals surface area contributed by atoms with E-state index in [1.54, 1.807) is 31.3 Å². The summed E-state index contributed by atoms with van der Waals surface area (Å²) in [5.41, 5.74) is 2.78. The standard InChI is InChI=1S/C29H25ClN2O5S/c1-29(18-36-23(33)17-30)25(32-26(34)22(27(32)38-29)16-21-14-8-9-15-31-21)28(35)37-24(19-10-4-2-5-11-19)20-12-6-3-7-13-20/h2-16,24-25,27H,17-18H2,1H3/b22-16-/t25-,27?,29-/m0/s1. The summed E-state index contributed by atoms with van der Waals surface area (Å²) in [6, 6.07) is 23.3. The van der Waals surface area contributed by atoms with Gasteiger partial charge in [0.1, 0.15) is 23.9 Å². The average Bonchev–Trinajstić information content (AvgIpc) is 3.24. The summed E-state index contributed by atoms with van der Waals surface area (Å²) < 4.78 is 10.6. The van der Waals surface area contributed by atoms with Crippen LogP contribution in [0.15, 0.2) is 90.6 Å². The highest BCUT2D eigenvalue weighted by Gasteiger charge is 2.64. The van der Waals surface area contributed by atoms with Gasteiger partial charge >= 0.3 is 11.9 Å². The summed E-state index contributed by atoms with van der Waals surface area (Å²) in [7, 11) is 0. The Balaban J connectivity index is 1.47. The van der Waals surface area contributed by atoms with E-state index in [4.69, 9.17) is 21.1 Å². The molecule has 2 aliphatic rings. The fourth-order valence-electron chi connectivity index (χ4n) is 4.69. The van der Waals surface area contributed by atoms with Gasteiger partial charge in [-0.25, -0.2) is 4.79 Å². The lowest BCUT2D eigenvalue weighted by molar-refractivity contribution is -0.162. The van der Waals surface area contributed by atoms with E-state index in [0.717, 1.165) is 11.1 Å². The molecule has 0 aliphatic carbocycles. The van der Waals surface area contributed by atoms with Crippen LogP contribution in [0.1, 0.15) is 29.8 Å². The number of β-lactam (4-membered cyclic amide) rings is 1. The smallest absolute Gasteiger partial charge is 0.331 e. The Hall–Kier alpha value is -3.62. The molecule has 38 heavy (non-hydrogen) atoms. The monoisotopic (exact) mass is 548 g/mol. The van der Waals surface area contributed by atoms with E-state index >= 15 is 0 Å². The number of ether oxygens (including phenoxy) is 2. The molecular formula is C29H25ClN2O5S. The molecule has 1 amide bonds. The number of rotatable bonds is 8. The van der Waals surface area contributed by atoms with Crippen LogP contribution < -0.4 is 0 Å². The van der Waals surface area contributed by atoms with Crippen molar-refractivity contribution in [2.24, 2.45) is 0 Å². The van der Waals surface area contributed by atoms with Gasteiger partial charge in [-0.05, 0) is 36.3 Å². The zero-order valence-corrected chi connectivity index (χ0v) is 22.1. The van der Waals surface area contributed by atoms with E-state index in [1.807, 2.05) is 66.7 Å². The van der Waals surface area contributed by atoms with Crippen molar-refractivity contribution < 1.29 is 23.9 Å². The van der Waals surface area contributed by atoms with Crippen LogP contribution in [-0.4, -0.2) is 56.4 Å². The highest BCUT2D eigenvalue weighted by molar-refractivity contribution is 8.02. The molecule has 3 heterocycles. The van der Waals surface area contributed by atoms with Crippen LogP contribution in [0.25, 0.3) is 6.08 Å². The minimum Gasteiger partial charge on any atom is -0.463 e. The minimum absolute atomic E-state index is 0.110. The van der Waals surface area contributed by atoms with Crippen LogP contribution in [-0.2, 0) is 23.9 Å². The first kappa shape index (κ1) is 26.0. The molecule has 0 saturated carbocycles. The van der Waals surface area contributed by atoms with Crippen molar-refractivity contribution in [1.82, 2.24) is 9.88 Å². The maximum absolute atomic E-state index is 13.9. The summed E-state index contributed by atoms with van der Waals surface area (Å²) in [5, 5.41) is -0.409. The lowest BCUT2D eigenvalue weighted by atomic mass is 9.94. The zero-order valence-electron chi connectivity index (χ0n) is 20.5. The van der Waals surface area contributed by atoms with Gasteiger partial charge in [0, 0.05) is 6.20 Å². The van der Waals surface area contributed by atoms with Gasteiger partial charge in [-0.2, -0.15) is 0 Å². The van der Waals surface area contributed by atoms with Gasteiger partial charge < -0.3 is 14.4 Å². The normalized spacial score (nSPS) is 23.2. The molecule has 2 fully saturated rings. The number of thioether (sulfide) groups is 1. The largest absolute Gasteiger partial charge is 0.463 e. The third-order valence-corrected chi connectivity index (χ3v) is 8.32. The lowest BCUT2D eigenvalue weighted by Gasteiger charge is -2.40. The molecule has 3 aromatic rings. The highest BCUT2D eigenvalue weighted by Crippen LogP contribution is 2.54. The molecule has 0 bridgehead atoms. The van der Waals surface area contributed by atoms with Crippen molar-refractivity contribution in [2.45, 2.75) is 29.2 Å². The predicted octanol–water partition coefficient (Wildman–Crippen LogP) is 4.62. The summed E-state index contributed by atoms with van der Waals surface area (Å²) in [5.74, 6) is -1.76. The average molecular weight is 549 g/mol. The molecule has 0 spiro atoms. The molecule has 3 atom stereocenters. The molecule has 5 rings (SSSR count).